The molecular formula is C22H24N4O2. The molecule has 0 atom stereocenters. The Bertz CT molecular complexity index is 1080. The maximum Gasteiger partial charge on any atom is 0.272 e. The van der Waals surface area contributed by atoms with Gasteiger partial charge < -0.3 is 9.64 Å². The van der Waals surface area contributed by atoms with Crippen LogP contribution >= 0.6 is 0 Å². The van der Waals surface area contributed by atoms with E-state index in [9.17, 15) is 4.79 Å². The SMILES string of the molecule is CCCN1CCN(Cc2ccc3c(c2)-c2n[nH]c(=O)c4cccc(c24)O3)CC1. The molecule has 0 unspecified atom stereocenters. The zero-order valence-corrected chi connectivity index (χ0v) is 16.1. The highest BCUT2D eigenvalue weighted by molar-refractivity contribution is 6.01. The highest BCUT2D eigenvalue weighted by Crippen LogP contribution is 2.44. The van der Waals surface area contributed by atoms with Crippen LogP contribution in [0.4, 0.5) is 0 Å². The molecule has 2 aromatic carbocycles. The Kier molecular flexibility index (Phi) is 4.37. The summed E-state index contributed by atoms with van der Waals surface area (Å²) < 4.78 is 6.08. The zero-order chi connectivity index (χ0) is 19.1. The van der Waals surface area contributed by atoms with Crippen molar-refractivity contribution >= 4 is 10.8 Å². The molecule has 0 radical (unpaired) electrons. The Balaban J connectivity index is 1.45. The van der Waals surface area contributed by atoms with Crippen LogP contribution in [0, 0.1) is 0 Å². The minimum atomic E-state index is -0.186. The molecule has 1 N–H and O–H groups in total. The van der Waals surface area contributed by atoms with Crippen LogP contribution in [0.15, 0.2) is 41.2 Å². The fraction of sp³-hybridized carbons (Fsp3) is 0.364. The summed E-state index contributed by atoms with van der Waals surface area (Å²) >= 11 is 0. The minimum absolute atomic E-state index is 0.186. The smallest absolute Gasteiger partial charge is 0.272 e. The Morgan fingerprint density at radius 1 is 1.07 bits per heavy atom. The van der Waals surface area contributed by atoms with Gasteiger partial charge in [-0.15, -0.1) is 0 Å². The van der Waals surface area contributed by atoms with E-state index < -0.39 is 0 Å². The number of H-pyrrole nitrogens is 1. The van der Waals surface area contributed by atoms with Crippen LogP contribution in [0.5, 0.6) is 11.5 Å². The number of hydrogen-bond donors (Lipinski definition) is 1. The van der Waals surface area contributed by atoms with Crippen molar-refractivity contribution in [2.75, 3.05) is 32.7 Å². The lowest BCUT2D eigenvalue weighted by Crippen LogP contribution is -2.45. The first kappa shape index (κ1) is 17.4. The number of piperazine rings is 1. The Hall–Kier alpha value is -2.70. The highest BCUT2D eigenvalue weighted by Gasteiger charge is 2.23. The fourth-order valence-electron chi connectivity index (χ4n) is 4.28. The normalized spacial score (nSPS) is 16.8. The van der Waals surface area contributed by atoms with E-state index in [1.54, 1.807) is 0 Å². The summed E-state index contributed by atoms with van der Waals surface area (Å²) in [4.78, 5) is 17.2. The van der Waals surface area contributed by atoms with Crippen molar-refractivity contribution in [3.8, 4) is 22.8 Å². The third-order valence-electron chi connectivity index (χ3n) is 5.71. The summed E-state index contributed by atoms with van der Waals surface area (Å²) in [6, 6.07) is 11.9. The van der Waals surface area contributed by atoms with Gasteiger partial charge in [0.1, 0.15) is 17.2 Å². The number of aromatic nitrogens is 2. The molecule has 3 aromatic rings. The first-order valence-corrected chi connectivity index (χ1v) is 10.00. The van der Waals surface area contributed by atoms with Gasteiger partial charge in [-0.1, -0.05) is 19.1 Å². The first-order valence-electron chi connectivity index (χ1n) is 10.00. The molecule has 0 amide bonds. The third-order valence-corrected chi connectivity index (χ3v) is 5.71. The summed E-state index contributed by atoms with van der Waals surface area (Å²) in [5.41, 5.74) is 2.80. The van der Waals surface area contributed by atoms with Gasteiger partial charge in [-0.05, 0) is 42.8 Å². The molecule has 1 aromatic heterocycles. The van der Waals surface area contributed by atoms with E-state index in [1.165, 1.54) is 18.5 Å². The van der Waals surface area contributed by atoms with E-state index in [2.05, 4.69) is 39.1 Å². The second-order valence-electron chi connectivity index (χ2n) is 7.63. The number of benzene rings is 2. The largest absolute Gasteiger partial charge is 0.456 e. The topological polar surface area (TPSA) is 61.5 Å². The predicted molar refractivity (Wildman–Crippen MR) is 110 cm³/mol. The second-order valence-corrected chi connectivity index (χ2v) is 7.63. The van der Waals surface area contributed by atoms with Gasteiger partial charge in [0.25, 0.3) is 5.56 Å². The average Bonchev–Trinajstić information content (AvgIpc) is 2.72. The van der Waals surface area contributed by atoms with Gasteiger partial charge >= 0.3 is 0 Å². The number of nitrogens with one attached hydrogen (secondary N) is 1. The van der Waals surface area contributed by atoms with Crippen molar-refractivity contribution in [1.82, 2.24) is 20.0 Å². The highest BCUT2D eigenvalue weighted by atomic mass is 16.5. The molecule has 2 aliphatic heterocycles. The van der Waals surface area contributed by atoms with Gasteiger partial charge in [0, 0.05) is 38.3 Å². The van der Waals surface area contributed by atoms with E-state index in [0.717, 1.165) is 55.1 Å². The maximum atomic E-state index is 12.2. The van der Waals surface area contributed by atoms with Crippen LogP contribution in [0.1, 0.15) is 18.9 Å². The first-order chi connectivity index (χ1) is 13.7. The van der Waals surface area contributed by atoms with Gasteiger partial charge in [0.05, 0.1) is 10.8 Å². The van der Waals surface area contributed by atoms with E-state index in [0.29, 0.717) is 11.1 Å². The van der Waals surface area contributed by atoms with Gasteiger partial charge in [0.2, 0.25) is 0 Å². The van der Waals surface area contributed by atoms with Crippen molar-refractivity contribution in [3.05, 3.63) is 52.3 Å². The second kappa shape index (κ2) is 7.04. The molecule has 0 aliphatic carbocycles. The number of hydrogen-bond acceptors (Lipinski definition) is 5. The van der Waals surface area contributed by atoms with Crippen molar-refractivity contribution in [2.45, 2.75) is 19.9 Å². The average molecular weight is 376 g/mol. The van der Waals surface area contributed by atoms with Gasteiger partial charge in [-0.3, -0.25) is 9.69 Å². The summed E-state index contributed by atoms with van der Waals surface area (Å²) in [6.07, 6.45) is 1.22. The van der Waals surface area contributed by atoms with Gasteiger partial charge in [-0.2, -0.15) is 5.10 Å². The number of aromatic amines is 1. The molecule has 6 nitrogen and oxygen atoms in total. The van der Waals surface area contributed by atoms with Crippen LogP contribution in [0.3, 0.4) is 0 Å². The quantitative estimate of drug-likeness (QED) is 0.593. The van der Waals surface area contributed by atoms with Crippen molar-refractivity contribution in [2.24, 2.45) is 0 Å². The molecule has 0 bridgehead atoms. The lowest BCUT2D eigenvalue weighted by atomic mass is 9.99. The summed E-state index contributed by atoms with van der Waals surface area (Å²) in [5.74, 6) is 1.48. The lowest BCUT2D eigenvalue weighted by Gasteiger charge is -2.34. The molecule has 144 valence electrons. The molecule has 28 heavy (non-hydrogen) atoms. The van der Waals surface area contributed by atoms with Crippen LogP contribution in [-0.4, -0.2) is 52.7 Å². The Morgan fingerprint density at radius 2 is 1.89 bits per heavy atom. The Labute approximate surface area is 163 Å². The van der Waals surface area contributed by atoms with Crippen LogP contribution < -0.4 is 10.3 Å². The van der Waals surface area contributed by atoms with Gasteiger partial charge in [0.15, 0.2) is 0 Å². The fourth-order valence-corrected chi connectivity index (χ4v) is 4.28. The minimum Gasteiger partial charge on any atom is -0.456 e. The van der Waals surface area contributed by atoms with Crippen molar-refractivity contribution < 1.29 is 4.74 Å². The predicted octanol–water partition coefficient (Wildman–Crippen LogP) is 3.22. The summed E-state index contributed by atoms with van der Waals surface area (Å²) in [7, 11) is 0. The summed E-state index contributed by atoms with van der Waals surface area (Å²) in [5, 5.41) is 8.41. The molecule has 3 heterocycles. The van der Waals surface area contributed by atoms with E-state index in [-0.39, 0.29) is 5.56 Å². The van der Waals surface area contributed by atoms with Crippen molar-refractivity contribution in [3.63, 3.8) is 0 Å². The third kappa shape index (κ3) is 2.99. The van der Waals surface area contributed by atoms with Crippen LogP contribution in [0.25, 0.3) is 22.0 Å². The number of fused-ring (bicyclic) bond motifs is 2. The molecule has 0 spiro atoms. The molecular weight excluding hydrogens is 352 g/mol. The van der Waals surface area contributed by atoms with Crippen LogP contribution in [0.2, 0.25) is 0 Å². The maximum absolute atomic E-state index is 12.2. The van der Waals surface area contributed by atoms with E-state index >= 15 is 0 Å². The number of nitrogens with zero attached hydrogens (tertiary/aromatic N) is 3. The van der Waals surface area contributed by atoms with Crippen LogP contribution in [-0.2, 0) is 6.54 Å². The molecule has 0 saturated carbocycles. The molecule has 6 heteroatoms. The zero-order valence-electron chi connectivity index (χ0n) is 16.1. The lowest BCUT2D eigenvalue weighted by molar-refractivity contribution is 0.127. The summed E-state index contributed by atoms with van der Waals surface area (Å²) in [6.45, 7) is 8.81. The van der Waals surface area contributed by atoms with E-state index in [1.807, 2.05) is 24.3 Å². The molecule has 1 saturated heterocycles. The molecule has 2 aliphatic rings. The van der Waals surface area contributed by atoms with Gasteiger partial charge in [-0.25, -0.2) is 5.10 Å². The van der Waals surface area contributed by atoms with E-state index in [4.69, 9.17) is 4.74 Å². The standard InChI is InChI=1S/C22H24N4O2/c1-2-8-25-9-11-26(12-10-25)14-15-6-7-18-17(13-15)21-20-16(22(27)24-23-21)4-3-5-19(20)28-18/h3-7,13H,2,8-12,14H2,1H3,(H,24,27). The number of ether oxygens (including phenoxy) is 1. The molecule has 1 fully saturated rings. The molecule has 5 rings (SSSR count). The number of rotatable bonds is 4. The Morgan fingerprint density at radius 3 is 2.71 bits per heavy atom. The van der Waals surface area contributed by atoms with Crippen molar-refractivity contribution in [1.29, 1.82) is 0 Å². The monoisotopic (exact) mass is 376 g/mol.